The van der Waals surface area contributed by atoms with Crippen molar-refractivity contribution in [3.05, 3.63) is 52.8 Å². The highest BCUT2D eigenvalue weighted by molar-refractivity contribution is 6.07. The standard InChI is InChI=1S/C26H27N5O3.CH5N/c27-15-17-6-7-18(14-23(17)33)31-25(16-4-1-2-5-16)20-9-10-21-19(24(20)30-31)8-11-22(29-21)26(34)28-12-3-13-32;1-2/h6-8,11,13-14,16,20,25,33H,1-5,9-10,12H2,(H,28,34);2H2,1H3. The van der Waals surface area contributed by atoms with Crippen LogP contribution < -0.4 is 16.1 Å². The van der Waals surface area contributed by atoms with Gasteiger partial charge in [-0.2, -0.15) is 10.4 Å². The van der Waals surface area contributed by atoms with Crippen LogP contribution in [0.4, 0.5) is 5.69 Å². The van der Waals surface area contributed by atoms with Gasteiger partial charge in [0.15, 0.2) is 0 Å². The van der Waals surface area contributed by atoms with Crippen molar-refractivity contribution in [2.45, 2.75) is 51.0 Å². The molecule has 0 radical (unpaired) electrons. The van der Waals surface area contributed by atoms with Gasteiger partial charge in [0, 0.05) is 30.5 Å². The summed E-state index contributed by atoms with van der Waals surface area (Å²) in [6.45, 7) is 0.297. The number of anilines is 1. The number of benzene rings is 1. The molecular weight excluding hydrogens is 456 g/mol. The van der Waals surface area contributed by atoms with Gasteiger partial charge in [0.1, 0.15) is 23.8 Å². The summed E-state index contributed by atoms with van der Waals surface area (Å²) in [6, 6.07) is 11.0. The van der Waals surface area contributed by atoms with E-state index < -0.39 is 0 Å². The number of nitriles is 1. The molecule has 9 heteroatoms. The molecule has 1 saturated carbocycles. The average Bonchev–Trinajstić information content (AvgIpc) is 3.57. The Bertz CT molecular complexity index is 1200. The number of fused-ring (bicyclic) bond motifs is 3. The van der Waals surface area contributed by atoms with Crippen molar-refractivity contribution < 1.29 is 14.7 Å². The van der Waals surface area contributed by atoms with E-state index in [0.717, 1.165) is 54.6 Å². The maximum Gasteiger partial charge on any atom is 0.269 e. The number of nitrogens with zero attached hydrogens (tertiary/aromatic N) is 4. The van der Waals surface area contributed by atoms with Gasteiger partial charge < -0.3 is 21.0 Å². The van der Waals surface area contributed by atoms with Crippen LogP contribution in [-0.2, 0) is 11.2 Å². The second kappa shape index (κ2) is 11.3. The van der Waals surface area contributed by atoms with Crippen LogP contribution >= 0.6 is 0 Å². The fraction of sp³-hybridized carbons (Fsp3) is 0.444. The summed E-state index contributed by atoms with van der Waals surface area (Å²) in [5, 5.41) is 29.3. The number of phenols is 1. The number of carbonyl (C=O) groups excluding carboxylic acids is 2. The molecule has 1 fully saturated rings. The van der Waals surface area contributed by atoms with Crippen molar-refractivity contribution >= 4 is 23.6 Å². The zero-order chi connectivity index (χ0) is 25.7. The minimum Gasteiger partial charge on any atom is -0.506 e. The Hall–Kier alpha value is -3.77. The summed E-state index contributed by atoms with van der Waals surface area (Å²) in [5.74, 6) is 0.454. The van der Waals surface area contributed by atoms with Crippen LogP contribution in [0.1, 0.15) is 65.8 Å². The maximum atomic E-state index is 12.4. The quantitative estimate of drug-likeness (QED) is 0.419. The van der Waals surface area contributed by atoms with Crippen molar-refractivity contribution in [2.24, 2.45) is 22.7 Å². The molecule has 2 unspecified atom stereocenters. The van der Waals surface area contributed by atoms with E-state index in [0.29, 0.717) is 18.2 Å². The van der Waals surface area contributed by atoms with Gasteiger partial charge in [-0.25, -0.2) is 4.98 Å². The fourth-order valence-corrected chi connectivity index (χ4v) is 5.64. The van der Waals surface area contributed by atoms with E-state index in [-0.39, 0.29) is 35.6 Å². The molecule has 188 valence electrons. The molecule has 1 amide bonds. The van der Waals surface area contributed by atoms with Crippen LogP contribution in [0, 0.1) is 23.2 Å². The molecule has 0 spiro atoms. The third kappa shape index (κ3) is 4.82. The number of nitrogens with one attached hydrogen (secondary N) is 1. The van der Waals surface area contributed by atoms with Crippen LogP contribution in [0.2, 0.25) is 0 Å². The van der Waals surface area contributed by atoms with Gasteiger partial charge in [-0.05, 0) is 62.9 Å². The smallest absolute Gasteiger partial charge is 0.269 e. The summed E-state index contributed by atoms with van der Waals surface area (Å²) in [5.41, 5.74) is 8.72. The van der Waals surface area contributed by atoms with Crippen LogP contribution in [0.25, 0.3) is 0 Å². The lowest BCUT2D eigenvalue weighted by Gasteiger charge is -2.34. The number of aromatic nitrogens is 1. The second-order valence-corrected chi connectivity index (χ2v) is 9.23. The number of nitrogens with two attached hydrogens (primary N) is 1. The van der Waals surface area contributed by atoms with E-state index in [1.165, 1.54) is 19.9 Å². The molecule has 2 heterocycles. The van der Waals surface area contributed by atoms with E-state index in [2.05, 4.69) is 16.0 Å². The van der Waals surface area contributed by atoms with E-state index >= 15 is 0 Å². The van der Waals surface area contributed by atoms with Crippen molar-refractivity contribution in [1.82, 2.24) is 10.3 Å². The molecular formula is C27H32N6O3. The van der Waals surface area contributed by atoms with Crippen LogP contribution in [0.3, 0.4) is 0 Å². The third-order valence-electron chi connectivity index (χ3n) is 7.23. The Balaban J connectivity index is 0.00000148. The summed E-state index contributed by atoms with van der Waals surface area (Å²) in [7, 11) is 1.50. The highest BCUT2D eigenvalue weighted by atomic mass is 16.3. The zero-order valence-electron chi connectivity index (χ0n) is 20.5. The minimum atomic E-state index is -0.279. The predicted molar refractivity (Wildman–Crippen MR) is 137 cm³/mol. The minimum absolute atomic E-state index is 0.0347. The largest absolute Gasteiger partial charge is 0.506 e. The van der Waals surface area contributed by atoms with E-state index in [9.17, 15) is 20.0 Å². The molecule has 9 nitrogen and oxygen atoms in total. The van der Waals surface area contributed by atoms with E-state index in [1.807, 2.05) is 23.2 Å². The molecule has 5 rings (SSSR count). The lowest BCUT2D eigenvalue weighted by Crippen LogP contribution is -2.40. The molecule has 36 heavy (non-hydrogen) atoms. The van der Waals surface area contributed by atoms with Crippen molar-refractivity contribution in [3.8, 4) is 11.8 Å². The number of rotatable bonds is 6. The number of hydrazone groups is 1. The Kier molecular flexibility index (Phi) is 7.96. The van der Waals surface area contributed by atoms with Gasteiger partial charge in [0.25, 0.3) is 5.91 Å². The first-order valence-corrected chi connectivity index (χ1v) is 12.5. The van der Waals surface area contributed by atoms with Crippen LogP contribution in [0.5, 0.6) is 5.75 Å². The summed E-state index contributed by atoms with van der Waals surface area (Å²) < 4.78 is 0. The van der Waals surface area contributed by atoms with Crippen LogP contribution in [0.15, 0.2) is 35.4 Å². The Morgan fingerprint density at radius 2 is 2.03 bits per heavy atom. The van der Waals surface area contributed by atoms with E-state index in [1.54, 1.807) is 18.2 Å². The van der Waals surface area contributed by atoms with Crippen molar-refractivity contribution in [1.29, 1.82) is 5.26 Å². The second-order valence-electron chi connectivity index (χ2n) is 9.23. The Labute approximate surface area is 211 Å². The highest BCUT2D eigenvalue weighted by Crippen LogP contribution is 2.45. The number of carbonyl (C=O) groups is 2. The van der Waals surface area contributed by atoms with Crippen molar-refractivity contribution in [3.63, 3.8) is 0 Å². The molecule has 2 atom stereocenters. The summed E-state index contributed by atoms with van der Waals surface area (Å²) >= 11 is 0. The molecule has 1 aliphatic heterocycles. The number of hydrogen-bond donors (Lipinski definition) is 3. The van der Waals surface area contributed by atoms with Gasteiger partial charge in [-0.15, -0.1) is 0 Å². The molecule has 2 aliphatic carbocycles. The predicted octanol–water partition coefficient (Wildman–Crippen LogP) is 2.90. The van der Waals surface area contributed by atoms with Gasteiger partial charge >= 0.3 is 0 Å². The first-order chi connectivity index (χ1) is 17.6. The molecule has 1 aromatic carbocycles. The van der Waals surface area contributed by atoms with Gasteiger partial charge in [0.05, 0.1) is 28.7 Å². The number of phenolic OH excluding ortho intramolecular Hbond substituents is 1. The molecule has 0 saturated heterocycles. The number of pyridine rings is 1. The number of amides is 1. The lowest BCUT2D eigenvalue weighted by atomic mass is 9.76. The Morgan fingerprint density at radius 1 is 1.25 bits per heavy atom. The number of aromatic hydroxyl groups is 1. The summed E-state index contributed by atoms with van der Waals surface area (Å²) in [4.78, 5) is 27.5. The molecule has 1 aromatic heterocycles. The zero-order valence-corrected chi connectivity index (χ0v) is 20.5. The van der Waals surface area contributed by atoms with Gasteiger partial charge in [0.2, 0.25) is 0 Å². The molecule has 3 aliphatic rings. The number of hydrogen-bond acceptors (Lipinski definition) is 8. The SMILES string of the molecule is CN.N#Cc1ccc(N2N=C3c4ccc(C(=O)NCCC=O)nc4CCC3C2C2CCCC2)cc1O. The first-order valence-electron chi connectivity index (χ1n) is 12.5. The van der Waals surface area contributed by atoms with Gasteiger partial charge in [-0.3, -0.25) is 9.80 Å². The summed E-state index contributed by atoms with van der Waals surface area (Å²) in [6.07, 6.45) is 7.48. The van der Waals surface area contributed by atoms with E-state index in [4.69, 9.17) is 5.10 Å². The monoisotopic (exact) mass is 488 g/mol. The fourth-order valence-electron chi connectivity index (χ4n) is 5.64. The first kappa shape index (κ1) is 25.3. The topological polar surface area (TPSA) is 145 Å². The van der Waals surface area contributed by atoms with Gasteiger partial charge in [-0.1, -0.05) is 12.8 Å². The third-order valence-corrected chi connectivity index (χ3v) is 7.23. The average molecular weight is 489 g/mol. The maximum absolute atomic E-state index is 12.4. The Morgan fingerprint density at radius 3 is 2.72 bits per heavy atom. The van der Waals surface area contributed by atoms with Crippen LogP contribution in [-0.4, -0.2) is 47.6 Å². The number of aryl methyl sites for hydroxylation is 1. The normalized spacial score (nSPS) is 20.4. The highest BCUT2D eigenvalue weighted by Gasteiger charge is 2.46. The lowest BCUT2D eigenvalue weighted by molar-refractivity contribution is -0.107. The molecule has 4 N–H and O–H groups in total. The molecule has 2 aromatic rings. The van der Waals surface area contributed by atoms with Crippen molar-refractivity contribution in [2.75, 3.05) is 18.6 Å². The number of aldehydes is 1. The molecule has 0 bridgehead atoms.